The maximum Gasteiger partial charge on any atom is 0.276 e. The number of hydrogen-bond donors (Lipinski definition) is 2. The molecule has 0 unspecified atom stereocenters. The van der Waals surface area contributed by atoms with Crippen LogP contribution in [0.3, 0.4) is 0 Å². The summed E-state index contributed by atoms with van der Waals surface area (Å²) in [7, 11) is 0. The third-order valence-electron chi connectivity index (χ3n) is 2.26. The molecule has 0 spiro atoms. The summed E-state index contributed by atoms with van der Waals surface area (Å²) < 4.78 is 5.26. The molecule has 0 aliphatic heterocycles. The van der Waals surface area contributed by atoms with Gasteiger partial charge in [0, 0.05) is 18.2 Å². The Morgan fingerprint density at radius 2 is 2.22 bits per heavy atom. The molecular weight excluding hydrogens is 252 g/mol. The highest BCUT2D eigenvalue weighted by Gasteiger charge is 2.09. The van der Waals surface area contributed by atoms with Crippen LogP contribution >= 0.6 is 11.8 Å². The SMILES string of the molecule is Cc1nnc(SCc2ccccc2C(N)=NO)o1. The predicted octanol–water partition coefficient (Wildman–Crippen LogP) is 1.76. The fourth-order valence-electron chi connectivity index (χ4n) is 1.43. The zero-order chi connectivity index (χ0) is 13.0. The van der Waals surface area contributed by atoms with E-state index in [-0.39, 0.29) is 5.84 Å². The topological polar surface area (TPSA) is 97.5 Å². The number of thioether (sulfide) groups is 1. The molecule has 0 saturated heterocycles. The van der Waals surface area contributed by atoms with Crippen molar-refractivity contribution in [3.8, 4) is 0 Å². The molecule has 0 saturated carbocycles. The smallest absolute Gasteiger partial charge is 0.276 e. The van der Waals surface area contributed by atoms with Gasteiger partial charge in [-0.25, -0.2) is 0 Å². The number of rotatable bonds is 4. The van der Waals surface area contributed by atoms with Crippen molar-refractivity contribution >= 4 is 17.6 Å². The number of oxime groups is 1. The summed E-state index contributed by atoms with van der Waals surface area (Å²) in [6.07, 6.45) is 0. The van der Waals surface area contributed by atoms with Crippen molar-refractivity contribution in [1.29, 1.82) is 0 Å². The van der Waals surface area contributed by atoms with Gasteiger partial charge in [0.15, 0.2) is 5.84 Å². The highest BCUT2D eigenvalue weighted by Crippen LogP contribution is 2.23. The average molecular weight is 264 g/mol. The first kappa shape index (κ1) is 12.4. The van der Waals surface area contributed by atoms with Crippen LogP contribution in [-0.2, 0) is 5.75 Å². The Balaban J connectivity index is 2.14. The van der Waals surface area contributed by atoms with E-state index in [0.717, 1.165) is 5.56 Å². The summed E-state index contributed by atoms with van der Waals surface area (Å²) in [5.41, 5.74) is 7.24. The Morgan fingerprint density at radius 1 is 1.44 bits per heavy atom. The Bertz CT molecular complexity index is 568. The molecule has 2 rings (SSSR count). The highest BCUT2D eigenvalue weighted by atomic mass is 32.2. The van der Waals surface area contributed by atoms with Crippen LogP contribution in [0, 0.1) is 6.92 Å². The lowest BCUT2D eigenvalue weighted by Gasteiger charge is -2.05. The Hall–Kier alpha value is -2.02. The molecule has 0 aliphatic carbocycles. The molecule has 2 aromatic rings. The van der Waals surface area contributed by atoms with E-state index in [4.69, 9.17) is 15.4 Å². The summed E-state index contributed by atoms with van der Waals surface area (Å²) in [6.45, 7) is 1.74. The van der Waals surface area contributed by atoms with Crippen LogP contribution in [0.15, 0.2) is 39.1 Å². The second kappa shape index (κ2) is 5.54. The molecule has 1 aromatic heterocycles. The van der Waals surface area contributed by atoms with Crippen LogP contribution < -0.4 is 5.73 Å². The van der Waals surface area contributed by atoms with Crippen molar-refractivity contribution in [1.82, 2.24) is 10.2 Å². The lowest BCUT2D eigenvalue weighted by atomic mass is 10.1. The van der Waals surface area contributed by atoms with E-state index in [1.165, 1.54) is 11.8 Å². The molecule has 18 heavy (non-hydrogen) atoms. The summed E-state index contributed by atoms with van der Waals surface area (Å²) >= 11 is 1.40. The Kier molecular flexibility index (Phi) is 3.83. The van der Waals surface area contributed by atoms with E-state index in [1.807, 2.05) is 18.2 Å². The normalized spacial score (nSPS) is 11.7. The third-order valence-corrected chi connectivity index (χ3v) is 3.13. The average Bonchev–Trinajstić information content (AvgIpc) is 2.81. The minimum atomic E-state index is 0.0907. The number of nitrogens with two attached hydrogens (primary N) is 1. The van der Waals surface area contributed by atoms with E-state index in [1.54, 1.807) is 13.0 Å². The molecular formula is C11H12N4O2S. The quantitative estimate of drug-likeness (QED) is 0.287. The fraction of sp³-hybridized carbons (Fsp3) is 0.182. The van der Waals surface area contributed by atoms with Crippen LogP contribution in [0.1, 0.15) is 17.0 Å². The van der Waals surface area contributed by atoms with Gasteiger partial charge in [-0.1, -0.05) is 41.2 Å². The maximum absolute atomic E-state index is 8.72. The third kappa shape index (κ3) is 2.80. The summed E-state index contributed by atoms with van der Waals surface area (Å²) in [6, 6.07) is 7.43. The van der Waals surface area contributed by atoms with Gasteiger partial charge in [0.1, 0.15) is 0 Å². The molecule has 0 atom stereocenters. The van der Waals surface area contributed by atoms with Gasteiger partial charge < -0.3 is 15.4 Å². The molecule has 0 amide bonds. The van der Waals surface area contributed by atoms with Crippen molar-refractivity contribution in [2.24, 2.45) is 10.9 Å². The number of hydrogen-bond acceptors (Lipinski definition) is 6. The zero-order valence-electron chi connectivity index (χ0n) is 9.70. The monoisotopic (exact) mass is 264 g/mol. The van der Waals surface area contributed by atoms with E-state index in [2.05, 4.69) is 15.4 Å². The van der Waals surface area contributed by atoms with Gasteiger partial charge in [-0.05, 0) is 5.56 Å². The lowest BCUT2D eigenvalue weighted by Crippen LogP contribution is -2.15. The molecule has 7 heteroatoms. The van der Waals surface area contributed by atoms with Crippen molar-refractivity contribution in [2.75, 3.05) is 0 Å². The Morgan fingerprint density at radius 3 is 2.89 bits per heavy atom. The second-order valence-corrected chi connectivity index (χ2v) is 4.44. The number of nitrogens with zero attached hydrogens (tertiary/aromatic N) is 3. The van der Waals surface area contributed by atoms with Crippen molar-refractivity contribution in [3.05, 3.63) is 41.3 Å². The minimum absolute atomic E-state index is 0.0907. The van der Waals surface area contributed by atoms with Crippen LogP contribution in [0.5, 0.6) is 0 Å². The minimum Gasteiger partial charge on any atom is -0.416 e. The maximum atomic E-state index is 8.72. The summed E-state index contributed by atoms with van der Waals surface area (Å²) in [5.74, 6) is 1.23. The van der Waals surface area contributed by atoms with Crippen LogP contribution in [-0.4, -0.2) is 21.2 Å². The van der Waals surface area contributed by atoms with Gasteiger partial charge in [-0.2, -0.15) is 0 Å². The van der Waals surface area contributed by atoms with E-state index in [9.17, 15) is 0 Å². The van der Waals surface area contributed by atoms with Crippen molar-refractivity contribution in [2.45, 2.75) is 17.9 Å². The summed E-state index contributed by atoms with van der Waals surface area (Å²) in [5, 5.41) is 19.9. The van der Waals surface area contributed by atoms with Crippen LogP contribution in [0.2, 0.25) is 0 Å². The highest BCUT2D eigenvalue weighted by molar-refractivity contribution is 7.98. The van der Waals surface area contributed by atoms with Gasteiger partial charge in [0.2, 0.25) is 5.89 Å². The number of amidine groups is 1. The van der Waals surface area contributed by atoms with Gasteiger partial charge in [0.25, 0.3) is 5.22 Å². The van der Waals surface area contributed by atoms with Crippen molar-refractivity contribution < 1.29 is 9.62 Å². The number of aryl methyl sites for hydroxylation is 1. The molecule has 0 radical (unpaired) electrons. The standard InChI is InChI=1S/C11H12N4O2S/c1-7-13-14-11(17-7)18-6-8-4-2-3-5-9(8)10(12)15-16/h2-5,16H,6H2,1H3,(H2,12,15). The zero-order valence-corrected chi connectivity index (χ0v) is 10.5. The molecule has 1 heterocycles. The van der Waals surface area contributed by atoms with Crippen LogP contribution in [0.25, 0.3) is 0 Å². The van der Waals surface area contributed by atoms with Crippen LogP contribution in [0.4, 0.5) is 0 Å². The lowest BCUT2D eigenvalue weighted by molar-refractivity contribution is 0.318. The van der Waals surface area contributed by atoms with E-state index in [0.29, 0.717) is 22.4 Å². The van der Waals surface area contributed by atoms with Crippen molar-refractivity contribution in [3.63, 3.8) is 0 Å². The second-order valence-electron chi connectivity index (χ2n) is 3.52. The molecule has 94 valence electrons. The molecule has 0 fully saturated rings. The Labute approximate surface area is 108 Å². The molecule has 0 bridgehead atoms. The first-order valence-electron chi connectivity index (χ1n) is 5.19. The molecule has 6 nitrogen and oxygen atoms in total. The van der Waals surface area contributed by atoms with E-state index < -0.39 is 0 Å². The van der Waals surface area contributed by atoms with Gasteiger partial charge in [-0.15, -0.1) is 10.2 Å². The predicted molar refractivity (Wildman–Crippen MR) is 67.5 cm³/mol. The fourth-order valence-corrected chi connectivity index (χ4v) is 2.23. The summed E-state index contributed by atoms with van der Waals surface area (Å²) in [4.78, 5) is 0. The largest absolute Gasteiger partial charge is 0.416 e. The number of aromatic nitrogens is 2. The first-order valence-corrected chi connectivity index (χ1v) is 6.18. The molecule has 3 N–H and O–H groups in total. The molecule has 1 aromatic carbocycles. The van der Waals surface area contributed by atoms with Gasteiger partial charge in [0.05, 0.1) is 0 Å². The van der Waals surface area contributed by atoms with Gasteiger partial charge in [-0.3, -0.25) is 0 Å². The first-order chi connectivity index (χ1) is 8.70. The van der Waals surface area contributed by atoms with Gasteiger partial charge >= 0.3 is 0 Å². The molecule has 0 aliphatic rings. The number of benzene rings is 1. The van der Waals surface area contributed by atoms with E-state index >= 15 is 0 Å².